The molecule has 3 aliphatic rings. The number of fused-ring (bicyclic) bond motifs is 1. The number of rotatable bonds is 3. The number of piperidine rings is 2. The van der Waals surface area contributed by atoms with Gasteiger partial charge in [-0.15, -0.1) is 0 Å². The summed E-state index contributed by atoms with van der Waals surface area (Å²) >= 11 is 0. The Morgan fingerprint density at radius 2 is 1.94 bits per heavy atom. The SMILES string of the molecule is Cc1cnn(C)c1CN1CCC(C#Cc2cccc3c2CN(C2CCC(=O)NC2=O)C3=O)CC1. The molecule has 0 bridgehead atoms. The van der Waals surface area contributed by atoms with Gasteiger partial charge in [0.05, 0.1) is 11.9 Å². The lowest BCUT2D eigenvalue weighted by Crippen LogP contribution is -2.52. The van der Waals surface area contributed by atoms with Crippen LogP contribution in [0.2, 0.25) is 0 Å². The first-order valence-corrected chi connectivity index (χ1v) is 11.9. The van der Waals surface area contributed by atoms with Gasteiger partial charge in [0.15, 0.2) is 0 Å². The number of carbonyl (C=O) groups excluding carboxylic acids is 3. The zero-order chi connectivity index (χ0) is 23.8. The molecule has 1 aromatic heterocycles. The highest BCUT2D eigenvalue weighted by atomic mass is 16.2. The second kappa shape index (κ2) is 9.07. The lowest BCUT2D eigenvalue weighted by atomic mass is 9.96. The standard InChI is InChI=1S/C26H29N5O3/c1-17-14-27-29(2)23(17)16-30-12-10-18(11-13-30)6-7-19-4-3-5-20-21(19)15-31(26(20)34)22-8-9-24(32)28-25(22)33/h3-5,14,18,22H,8-13,15-16H2,1-2H3,(H,28,32,33). The maximum Gasteiger partial charge on any atom is 0.255 e. The predicted octanol–water partition coefficient (Wildman–Crippen LogP) is 1.75. The molecule has 2 fully saturated rings. The zero-order valence-corrected chi connectivity index (χ0v) is 19.6. The summed E-state index contributed by atoms with van der Waals surface area (Å²) < 4.78 is 1.95. The number of imide groups is 1. The average Bonchev–Trinajstić information content (AvgIpc) is 3.33. The van der Waals surface area contributed by atoms with Gasteiger partial charge in [0.1, 0.15) is 6.04 Å². The summed E-state index contributed by atoms with van der Waals surface area (Å²) in [4.78, 5) is 40.8. The number of likely N-dealkylation sites (tertiary alicyclic amines) is 1. The Balaban J connectivity index is 1.24. The van der Waals surface area contributed by atoms with Crippen LogP contribution in [0.4, 0.5) is 0 Å². The van der Waals surface area contributed by atoms with Crippen molar-refractivity contribution in [3.8, 4) is 11.8 Å². The van der Waals surface area contributed by atoms with Gasteiger partial charge in [-0.1, -0.05) is 17.9 Å². The summed E-state index contributed by atoms with van der Waals surface area (Å²) in [6.07, 6.45) is 4.56. The van der Waals surface area contributed by atoms with Crippen molar-refractivity contribution in [1.82, 2.24) is 24.9 Å². The third kappa shape index (κ3) is 4.24. The fraction of sp³-hybridized carbons (Fsp3) is 0.462. The highest BCUT2D eigenvalue weighted by molar-refractivity contribution is 6.05. The number of nitrogens with one attached hydrogen (secondary N) is 1. The summed E-state index contributed by atoms with van der Waals surface area (Å²) in [6, 6.07) is 5.00. The highest BCUT2D eigenvalue weighted by Crippen LogP contribution is 2.29. The Bertz CT molecular complexity index is 1190. The van der Waals surface area contributed by atoms with E-state index in [2.05, 4.69) is 34.1 Å². The first kappa shape index (κ1) is 22.4. The van der Waals surface area contributed by atoms with Crippen LogP contribution >= 0.6 is 0 Å². The Kier molecular flexibility index (Phi) is 5.96. The van der Waals surface area contributed by atoms with Crippen molar-refractivity contribution in [1.29, 1.82) is 0 Å². The van der Waals surface area contributed by atoms with Crippen molar-refractivity contribution in [3.63, 3.8) is 0 Å². The second-order valence-electron chi connectivity index (χ2n) is 9.45. The van der Waals surface area contributed by atoms with E-state index in [0.29, 0.717) is 24.4 Å². The van der Waals surface area contributed by atoms with Crippen molar-refractivity contribution in [2.24, 2.45) is 13.0 Å². The molecule has 3 aliphatic heterocycles. The van der Waals surface area contributed by atoms with Crippen molar-refractivity contribution in [2.45, 2.75) is 51.7 Å². The molecule has 5 rings (SSSR count). The van der Waals surface area contributed by atoms with Gasteiger partial charge in [-0.3, -0.25) is 29.3 Å². The number of aryl methyl sites for hydroxylation is 2. The molecule has 0 aliphatic carbocycles. The summed E-state index contributed by atoms with van der Waals surface area (Å²) in [5.41, 5.74) is 4.83. The largest absolute Gasteiger partial charge is 0.322 e. The van der Waals surface area contributed by atoms with Crippen molar-refractivity contribution < 1.29 is 14.4 Å². The monoisotopic (exact) mass is 459 g/mol. The van der Waals surface area contributed by atoms with Crippen LogP contribution in [0.15, 0.2) is 24.4 Å². The van der Waals surface area contributed by atoms with Crippen LogP contribution in [-0.2, 0) is 29.7 Å². The molecule has 8 heteroatoms. The summed E-state index contributed by atoms with van der Waals surface area (Å²) in [7, 11) is 1.99. The number of hydrogen-bond acceptors (Lipinski definition) is 5. The van der Waals surface area contributed by atoms with E-state index in [1.807, 2.05) is 30.1 Å². The molecule has 1 N–H and O–H groups in total. The molecule has 2 aromatic rings. The topological polar surface area (TPSA) is 87.5 Å². The lowest BCUT2D eigenvalue weighted by Gasteiger charge is -2.29. The first-order valence-electron chi connectivity index (χ1n) is 11.9. The molecular formula is C26H29N5O3. The summed E-state index contributed by atoms with van der Waals surface area (Å²) in [5.74, 6) is 6.28. The summed E-state index contributed by atoms with van der Waals surface area (Å²) in [6.45, 7) is 5.36. The van der Waals surface area contributed by atoms with Crippen LogP contribution in [0.5, 0.6) is 0 Å². The van der Waals surface area contributed by atoms with Gasteiger partial charge in [-0.25, -0.2) is 0 Å². The molecule has 1 aromatic carbocycles. The number of carbonyl (C=O) groups is 3. The Hall–Kier alpha value is -3.44. The van der Waals surface area contributed by atoms with E-state index >= 15 is 0 Å². The lowest BCUT2D eigenvalue weighted by molar-refractivity contribution is -0.136. The molecule has 0 radical (unpaired) electrons. The van der Waals surface area contributed by atoms with Gasteiger partial charge in [0.25, 0.3) is 5.91 Å². The van der Waals surface area contributed by atoms with Gasteiger partial charge in [-0.2, -0.15) is 5.10 Å². The Morgan fingerprint density at radius 1 is 1.15 bits per heavy atom. The third-order valence-corrected chi connectivity index (χ3v) is 7.22. The molecule has 0 spiro atoms. The molecule has 2 saturated heterocycles. The Labute approximate surface area is 199 Å². The molecular weight excluding hydrogens is 430 g/mol. The molecule has 0 saturated carbocycles. The van der Waals surface area contributed by atoms with Crippen LogP contribution < -0.4 is 5.32 Å². The maximum absolute atomic E-state index is 13.0. The van der Waals surface area contributed by atoms with Crippen molar-refractivity contribution in [2.75, 3.05) is 13.1 Å². The van der Waals surface area contributed by atoms with Gasteiger partial charge >= 0.3 is 0 Å². The van der Waals surface area contributed by atoms with E-state index in [1.54, 1.807) is 11.0 Å². The third-order valence-electron chi connectivity index (χ3n) is 7.22. The smallest absolute Gasteiger partial charge is 0.255 e. The van der Waals surface area contributed by atoms with Crippen LogP contribution in [0, 0.1) is 24.7 Å². The van der Waals surface area contributed by atoms with E-state index < -0.39 is 11.9 Å². The van der Waals surface area contributed by atoms with Crippen LogP contribution in [-0.4, -0.2) is 56.4 Å². The van der Waals surface area contributed by atoms with Gasteiger partial charge in [0.2, 0.25) is 11.8 Å². The van der Waals surface area contributed by atoms with Crippen LogP contribution in [0.25, 0.3) is 0 Å². The molecule has 34 heavy (non-hydrogen) atoms. The number of benzene rings is 1. The fourth-order valence-electron chi connectivity index (χ4n) is 5.13. The van der Waals surface area contributed by atoms with Crippen LogP contribution in [0.1, 0.15) is 58.4 Å². The van der Waals surface area contributed by atoms with Gasteiger partial charge < -0.3 is 4.90 Å². The zero-order valence-electron chi connectivity index (χ0n) is 19.6. The minimum Gasteiger partial charge on any atom is -0.322 e. The molecule has 176 valence electrons. The van der Waals surface area contributed by atoms with Crippen LogP contribution in [0.3, 0.4) is 0 Å². The highest BCUT2D eigenvalue weighted by Gasteiger charge is 2.39. The van der Waals surface area contributed by atoms with E-state index in [0.717, 1.165) is 43.6 Å². The minimum absolute atomic E-state index is 0.160. The number of nitrogens with zero attached hydrogens (tertiary/aromatic N) is 4. The van der Waals surface area contributed by atoms with E-state index in [9.17, 15) is 14.4 Å². The first-order chi connectivity index (χ1) is 16.4. The van der Waals surface area contributed by atoms with Gasteiger partial charge in [-0.05, 0) is 62.5 Å². The van der Waals surface area contributed by atoms with E-state index in [4.69, 9.17) is 0 Å². The number of hydrogen-bond donors (Lipinski definition) is 1. The number of amides is 3. The quantitative estimate of drug-likeness (QED) is 0.558. The average molecular weight is 460 g/mol. The molecule has 3 amide bonds. The molecule has 4 heterocycles. The summed E-state index contributed by atoms with van der Waals surface area (Å²) in [5, 5.41) is 6.69. The van der Waals surface area contributed by atoms with Crippen molar-refractivity contribution >= 4 is 17.7 Å². The maximum atomic E-state index is 13.0. The second-order valence-corrected chi connectivity index (χ2v) is 9.45. The minimum atomic E-state index is -0.606. The van der Waals surface area contributed by atoms with E-state index in [1.165, 1.54) is 11.3 Å². The molecule has 1 unspecified atom stereocenters. The van der Waals surface area contributed by atoms with E-state index in [-0.39, 0.29) is 18.2 Å². The van der Waals surface area contributed by atoms with Crippen molar-refractivity contribution in [3.05, 3.63) is 52.3 Å². The molecule has 8 nitrogen and oxygen atoms in total. The normalized spacial score (nSPS) is 21.3. The predicted molar refractivity (Wildman–Crippen MR) is 125 cm³/mol. The number of aromatic nitrogens is 2. The van der Waals surface area contributed by atoms with Gasteiger partial charge in [0, 0.05) is 43.6 Å². The Morgan fingerprint density at radius 3 is 2.65 bits per heavy atom. The fourth-order valence-corrected chi connectivity index (χ4v) is 5.13. The molecule has 1 atom stereocenters.